The van der Waals surface area contributed by atoms with Gasteiger partial charge in [0.25, 0.3) is 0 Å². The maximum Gasteiger partial charge on any atom is 0.240 e. The fourth-order valence-corrected chi connectivity index (χ4v) is 5.34. The smallest absolute Gasteiger partial charge is 0.240 e. The van der Waals surface area contributed by atoms with Crippen LogP contribution in [-0.4, -0.2) is 24.1 Å². The fraction of sp³-hybridized carbons (Fsp3) is 0.368. The van der Waals surface area contributed by atoms with Crippen molar-refractivity contribution in [2.24, 2.45) is 0 Å². The summed E-state index contributed by atoms with van der Waals surface area (Å²) in [5, 5.41) is 3.51. The Morgan fingerprint density at radius 1 is 1.35 bits per heavy atom. The Balaban J connectivity index is 1.64. The number of hydrogen-bond donors (Lipinski definition) is 1. The van der Waals surface area contributed by atoms with E-state index in [0.29, 0.717) is 17.3 Å². The van der Waals surface area contributed by atoms with Crippen molar-refractivity contribution in [2.45, 2.75) is 36.9 Å². The maximum absolute atomic E-state index is 12.4. The van der Waals surface area contributed by atoms with Crippen LogP contribution in [0.25, 0.3) is 0 Å². The van der Waals surface area contributed by atoms with E-state index in [1.165, 1.54) is 4.88 Å². The third-order valence-corrected chi connectivity index (χ3v) is 6.79. The number of anilines is 1. The second kappa shape index (κ2) is 8.93. The number of benzene rings is 1. The van der Waals surface area contributed by atoms with Crippen LogP contribution in [0.1, 0.15) is 30.2 Å². The fourth-order valence-electron chi connectivity index (χ4n) is 2.74. The summed E-state index contributed by atoms with van der Waals surface area (Å²) in [5.41, 5.74) is 1.82. The zero-order chi connectivity index (χ0) is 18.5. The van der Waals surface area contributed by atoms with Gasteiger partial charge in [0.05, 0.1) is 15.6 Å². The van der Waals surface area contributed by atoms with Gasteiger partial charge in [-0.2, -0.15) is 0 Å². The number of halogens is 1. The number of carbonyl (C=O) groups is 2. The van der Waals surface area contributed by atoms with Crippen molar-refractivity contribution in [1.29, 1.82) is 0 Å². The molecule has 4 nitrogen and oxygen atoms in total. The van der Waals surface area contributed by atoms with E-state index in [0.717, 1.165) is 34.7 Å². The third kappa shape index (κ3) is 4.81. The molecule has 0 unspecified atom stereocenters. The largest absolute Gasteiger partial charge is 0.350 e. The first-order chi connectivity index (χ1) is 12.6. The highest BCUT2D eigenvalue weighted by atomic mass is 35.5. The third-order valence-electron chi connectivity index (χ3n) is 4.11. The van der Waals surface area contributed by atoms with Gasteiger partial charge in [-0.1, -0.05) is 37.1 Å². The summed E-state index contributed by atoms with van der Waals surface area (Å²) in [6.07, 6.45) is 3.31. The van der Waals surface area contributed by atoms with Crippen LogP contribution in [-0.2, 0) is 22.6 Å². The highest BCUT2D eigenvalue weighted by Gasteiger charge is 2.28. The molecule has 2 amide bonds. The number of amides is 2. The normalized spacial score (nSPS) is 13.6. The number of hydrogen-bond acceptors (Lipinski definition) is 4. The molecule has 2 heterocycles. The predicted octanol–water partition coefficient (Wildman–Crippen LogP) is 4.50. The average Bonchev–Trinajstić information content (AvgIpc) is 3.04. The van der Waals surface area contributed by atoms with Crippen LogP contribution in [0, 0.1) is 0 Å². The van der Waals surface area contributed by atoms with Gasteiger partial charge in [-0.25, -0.2) is 0 Å². The molecule has 0 saturated heterocycles. The number of nitrogens with zero attached hydrogens (tertiary/aromatic N) is 1. The maximum atomic E-state index is 12.4. The first kappa shape index (κ1) is 19.3. The Hall–Kier alpha value is -1.50. The van der Waals surface area contributed by atoms with Gasteiger partial charge in [-0.15, -0.1) is 23.1 Å². The zero-order valence-corrected chi connectivity index (χ0v) is 17.0. The molecule has 1 aliphatic rings. The van der Waals surface area contributed by atoms with E-state index in [-0.39, 0.29) is 18.4 Å². The number of fused-ring (bicyclic) bond motifs is 1. The van der Waals surface area contributed by atoms with Gasteiger partial charge in [0.2, 0.25) is 11.8 Å². The van der Waals surface area contributed by atoms with E-state index >= 15 is 0 Å². The van der Waals surface area contributed by atoms with E-state index in [1.54, 1.807) is 34.1 Å². The lowest BCUT2D eigenvalue weighted by molar-refractivity contribution is -0.123. The van der Waals surface area contributed by atoms with Gasteiger partial charge in [-0.3, -0.25) is 9.59 Å². The molecule has 7 heteroatoms. The Bertz CT molecular complexity index is 807. The van der Waals surface area contributed by atoms with E-state index < -0.39 is 0 Å². The van der Waals surface area contributed by atoms with Crippen LogP contribution >= 0.6 is 34.7 Å². The quantitative estimate of drug-likeness (QED) is 0.733. The summed E-state index contributed by atoms with van der Waals surface area (Å²) >= 11 is 9.28. The summed E-state index contributed by atoms with van der Waals surface area (Å²) in [6.45, 7) is 2.62. The average molecular weight is 409 g/mol. The number of thioether (sulfide) groups is 1. The van der Waals surface area contributed by atoms with Crippen molar-refractivity contribution in [3.8, 4) is 0 Å². The number of carbonyl (C=O) groups excluding carboxylic acids is 2. The minimum absolute atomic E-state index is 0.0137. The molecule has 1 aromatic heterocycles. The predicted molar refractivity (Wildman–Crippen MR) is 109 cm³/mol. The van der Waals surface area contributed by atoms with Crippen molar-refractivity contribution in [3.05, 3.63) is 45.8 Å². The number of rotatable bonds is 7. The van der Waals surface area contributed by atoms with Gasteiger partial charge in [0, 0.05) is 16.4 Å². The second-order valence-corrected chi connectivity index (χ2v) is 8.98. The Morgan fingerprint density at radius 3 is 2.96 bits per heavy atom. The first-order valence-electron chi connectivity index (χ1n) is 8.64. The molecular weight excluding hydrogens is 388 g/mol. The van der Waals surface area contributed by atoms with Crippen LogP contribution in [0.2, 0.25) is 5.02 Å². The number of nitrogens with one attached hydrogen (secondary N) is 1. The SMILES string of the molecule is CCCCc1cc2c(s1)SCC(=O)N2CC(=O)NCc1cccc(Cl)c1. The highest BCUT2D eigenvalue weighted by Crippen LogP contribution is 2.42. The Labute approximate surface area is 166 Å². The molecule has 0 fully saturated rings. The second-order valence-electron chi connectivity index (χ2n) is 6.16. The standard InChI is InChI=1S/C19H21ClN2O2S2/c1-2-3-7-15-9-16-19(26-15)25-12-18(24)22(16)11-17(23)21-10-13-5-4-6-14(20)8-13/h4-6,8-9H,2-3,7,10-12H2,1H3,(H,21,23). The summed E-state index contributed by atoms with van der Waals surface area (Å²) in [7, 11) is 0. The molecule has 1 aliphatic heterocycles. The molecule has 3 rings (SSSR count). The molecular formula is C19H21ClN2O2S2. The molecule has 0 spiro atoms. The molecule has 0 atom stereocenters. The van der Waals surface area contributed by atoms with E-state index in [9.17, 15) is 9.59 Å². The van der Waals surface area contributed by atoms with Crippen LogP contribution in [0.5, 0.6) is 0 Å². The summed E-state index contributed by atoms with van der Waals surface area (Å²) in [5.74, 6) is 0.209. The van der Waals surface area contributed by atoms with E-state index in [2.05, 4.69) is 18.3 Å². The topological polar surface area (TPSA) is 49.4 Å². The van der Waals surface area contributed by atoms with Gasteiger partial charge >= 0.3 is 0 Å². The molecule has 0 radical (unpaired) electrons. The van der Waals surface area contributed by atoms with Gasteiger partial charge < -0.3 is 10.2 Å². The van der Waals surface area contributed by atoms with Crippen LogP contribution in [0.15, 0.2) is 34.5 Å². The van der Waals surface area contributed by atoms with Crippen molar-refractivity contribution < 1.29 is 9.59 Å². The van der Waals surface area contributed by atoms with Crippen LogP contribution < -0.4 is 10.2 Å². The molecule has 1 aromatic carbocycles. The molecule has 1 N–H and O–H groups in total. The number of thiophene rings is 1. The van der Waals surface area contributed by atoms with E-state index in [4.69, 9.17) is 11.6 Å². The number of unbranched alkanes of at least 4 members (excludes halogenated alkanes) is 1. The monoisotopic (exact) mass is 408 g/mol. The van der Waals surface area contributed by atoms with Crippen molar-refractivity contribution in [1.82, 2.24) is 5.32 Å². The molecule has 0 bridgehead atoms. The van der Waals surface area contributed by atoms with Crippen LogP contribution in [0.4, 0.5) is 5.69 Å². The lowest BCUT2D eigenvalue weighted by atomic mass is 10.2. The Morgan fingerprint density at radius 2 is 2.19 bits per heavy atom. The van der Waals surface area contributed by atoms with Gasteiger partial charge in [0.1, 0.15) is 6.54 Å². The summed E-state index contributed by atoms with van der Waals surface area (Å²) in [4.78, 5) is 27.6. The van der Waals surface area contributed by atoms with Crippen molar-refractivity contribution >= 4 is 52.2 Å². The van der Waals surface area contributed by atoms with Gasteiger partial charge in [0.15, 0.2) is 0 Å². The molecule has 2 aromatic rings. The van der Waals surface area contributed by atoms with Crippen LogP contribution in [0.3, 0.4) is 0 Å². The van der Waals surface area contributed by atoms with Crippen molar-refractivity contribution in [3.63, 3.8) is 0 Å². The van der Waals surface area contributed by atoms with Gasteiger partial charge in [-0.05, 0) is 36.6 Å². The first-order valence-corrected chi connectivity index (χ1v) is 10.8. The zero-order valence-electron chi connectivity index (χ0n) is 14.6. The lowest BCUT2D eigenvalue weighted by Crippen LogP contribution is -2.42. The minimum Gasteiger partial charge on any atom is -0.350 e. The molecule has 26 heavy (non-hydrogen) atoms. The number of aryl methyl sites for hydroxylation is 1. The molecule has 138 valence electrons. The van der Waals surface area contributed by atoms with E-state index in [1.807, 2.05) is 18.2 Å². The molecule has 0 aliphatic carbocycles. The van der Waals surface area contributed by atoms with Crippen molar-refractivity contribution in [2.75, 3.05) is 17.2 Å². The molecule has 0 saturated carbocycles. The Kier molecular flexibility index (Phi) is 6.62. The lowest BCUT2D eigenvalue weighted by Gasteiger charge is -2.25. The minimum atomic E-state index is -0.169. The summed E-state index contributed by atoms with van der Waals surface area (Å²) in [6, 6.07) is 9.45. The summed E-state index contributed by atoms with van der Waals surface area (Å²) < 4.78 is 1.14. The highest BCUT2D eigenvalue weighted by molar-refractivity contribution is 8.02.